The topological polar surface area (TPSA) is 58.1 Å². The number of nitrogens with one attached hydrogen (secondary N) is 1. The zero-order chi connectivity index (χ0) is 13.9. The lowest BCUT2D eigenvalue weighted by Crippen LogP contribution is -2.03. The van der Waals surface area contributed by atoms with Gasteiger partial charge >= 0.3 is 0 Å². The molecule has 1 N–H and O–H groups in total. The molecule has 2 aromatic carbocycles. The lowest BCUT2D eigenvalue weighted by atomic mass is 10.2. The van der Waals surface area contributed by atoms with Crippen molar-refractivity contribution < 1.29 is 4.79 Å². The van der Waals surface area contributed by atoms with Gasteiger partial charge in [-0.05, 0) is 12.1 Å². The van der Waals surface area contributed by atoms with Gasteiger partial charge < -0.3 is 4.98 Å². The van der Waals surface area contributed by atoms with Crippen LogP contribution in [0.1, 0.15) is 6.92 Å². The zero-order valence-electron chi connectivity index (χ0n) is 11.0. The summed E-state index contributed by atoms with van der Waals surface area (Å²) in [6, 6.07) is 17.3. The first-order chi connectivity index (χ1) is 9.74. The SMILES string of the molecule is CC(=O)N=c1ccccc2[nH]c(-c3ccccc3)nc12. The summed E-state index contributed by atoms with van der Waals surface area (Å²) in [5.74, 6) is 0.536. The molecular formula is C16H13N3O. The third-order valence-electron chi connectivity index (χ3n) is 2.93. The lowest BCUT2D eigenvalue weighted by molar-refractivity contribution is -0.116. The van der Waals surface area contributed by atoms with Crippen LogP contribution >= 0.6 is 0 Å². The Kier molecular flexibility index (Phi) is 3.13. The number of hydrogen-bond acceptors (Lipinski definition) is 2. The van der Waals surface area contributed by atoms with Crippen molar-refractivity contribution in [2.45, 2.75) is 6.92 Å². The minimum absolute atomic E-state index is 0.234. The van der Waals surface area contributed by atoms with Gasteiger partial charge in [0.1, 0.15) is 11.3 Å². The zero-order valence-corrected chi connectivity index (χ0v) is 11.0. The monoisotopic (exact) mass is 263 g/mol. The summed E-state index contributed by atoms with van der Waals surface area (Å²) in [6.45, 7) is 1.43. The number of carbonyl (C=O) groups is 1. The molecule has 98 valence electrons. The Morgan fingerprint density at radius 1 is 1.05 bits per heavy atom. The fraction of sp³-hybridized carbons (Fsp3) is 0.0625. The van der Waals surface area contributed by atoms with Crippen LogP contribution in [0, 0.1) is 0 Å². The van der Waals surface area contributed by atoms with Crippen LogP contribution in [-0.2, 0) is 4.79 Å². The van der Waals surface area contributed by atoms with E-state index >= 15 is 0 Å². The first-order valence-electron chi connectivity index (χ1n) is 6.34. The minimum atomic E-state index is -0.234. The van der Waals surface area contributed by atoms with Crippen molar-refractivity contribution in [1.82, 2.24) is 9.97 Å². The predicted molar refractivity (Wildman–Crippen MR) is 77.8 cm³/mol. The second-order valence-corrected chi connectivity index (χ2v) is 4.45. The molecular weight excluding hydrogens is 250 g/mol. The summed E-state index contributed by atoms with van der Waals surface area (Å²) in [5.41, 5.74) is 2.55. The van der Waals surface area contributed by atoms with Crippen molar-refractivity contribution in [3.05, 3.63) is 60.0 Å². The summed E-state index contributed by atoms with van der Waals surface area (Å²) < 4.78 is 0. The van der Waals surface area contributed by atoms with Gasteiger partial charge in [-0.3, -0.25) is 4.79 Å². The van der Waals surface area contributed by atoms with Gasteiger partial charge in [0, 0.05) is 12.5 Å². The smallest absolute Gasteiger partial charge is 0.243 e. The molecule has 1 amide bonds. The van der Waals surface area contributed by atoms with Gasteiger partial charge in [-0.2, -0.15) is 0 Å². The van der Waals surface area contributed by atoms with E-state index in [1.54, 1.807) is 6.07 Å². The third-order valence-corrected chi connectivity index (χ3v) is 2.93. The van der Waals surface area contributed by atoms with Crippen LogP contribution in [0.2, 0.25) is 0 Å². The van der Waals surface area contributed by atoms with E-state index in [-0.39, 0.29) is 5.91 Å². The molecule has 4 heteroatoms. The van der Waals surface area contributed by atoms with Crippen LogP contribution in [0.3, 0.4) is 0 Å². The number of nitrogens with zero attached hydrogens (tertiary/aromatic N) is 2. The molecule has 0 saturated carbocycles. The number of hydrogen-bond donors (Lipinski definition) is 1. The van der Waals surface area contributed by atoms with Gasteiger partial charge in [0.05, 0.1) is 10.9 Å². The van der Waals surface area contributed by atoms with Crippen molar-refractivity contribution in [3.63, 3.8) is 0 Å². The van der Waals surface area contributed by atoms with Crippen molar-refractivity contribution in [2.75, 3.05) is 0 Å². The highest BCUT2D eigenvalue weighted by Crippen LogP contribution is 2.17. The maximum Gasteiger partial charge on any atom is 0.243 e. The van der Waals surface area contributed by atoms with E-state index in [0.29, 0.717) is 10.9 Å². The number of rotatable bonds is 1. The van der Waals surface area contributed by atoms with Gasteiger partial charge in [-0.15, -0.1) is 0 Å². The van der Waals surface area contributed by atoms with Gasteiger partial charge in [0.2, 0.25) is 5.91 Å². The molecule has 0 aliphatic carbocycles. The predicted octanol–water partition coefficient (Wildman–Crippen LogP) is 2.68. The Morgan fingerprint density at radius 2 is 1.75 bits per heavy atom. The Bertz CT molecular complexity index is 835. The fourth-order valence-corrected chi connectivity index (χ4v) is 2.07. The number of carbonyl (C=O) groups excluding carboxylic acids is 1. The van der Waals surface area contributed by atoms with Crippen molar-refractivity contribution in [3.8, 4) is 11.4 Å². The van der Waals surface area contributed by atoms with E-state index in [9.17, 15) is 4.79 Å². The van der Waals surface area contributed by atoms with Crippen LogP contribution in [0.5, 0.6) is 0 Å². The van der Waals surface area contributed by atoms with Gasteiger partial charge in [0.15, 0.2) is 0 Å². The molecule has 4 nitrogen and oxygen atoms in total. The molecule has 1 aromatic heterocycles. The van der Waals surface area contributed by atoms with Crippen molar-refractivity contribution >= 4 is 16.9 Å². The highest BCUT2D eigenvalue weighted by Gasteiger charge is 2.05. The Labute approximate surface area is 115 Å². The van der Waals surface area contributed by atoms with Crippen LogP contribution in [0.25, 0.3) is 22.4 Å². The summed E-state index contributed by atoms with van der Waals surface area (Å²) in [6.07, 6.45) is 0. The van der Waals surface area contributed by atoms with Crippen LogP contribution in [0.4, 0.5) is 0 Å². The summed E-state index contributed by atoms with van der Waals surface area (Å²) in [5, 5.41) is 0.580. The second-order valence-electron chi connectivity index (χ2n) is 4.45. The number of fused-ring (bicyclic) bond motifs is 1. The Morgan fingerprint density at radius 3 is 2.50 bits per heavy atom. The Hall–Kier alpha value is -2.75. The second kappa shape index (κ2) is 5.09. The largest absolute Gasteiger partial charge is 0.338 e. The molecule has 0 bridgehead atoms. The number of imidazole rings is 1. The standard InChI is InChI=1S/C16H13N3O/c1-11(20)17-13-9-5-6-10-14-15(13)19-16(18-14)12-7-3-2-4-8-12/h2-10H,1H3,(H,18,19). The first kappa shape index (κ1) is 12.3. The third kappa shape index (κ3) is 2.36. The highest BCUT2D eigenvalue weighted by molar-refractivity contribution is 5.80. The number of amides is 1. The molecule has 0 saturated heterocycles. The lowest BCUT2D eigenvalue weighted by Gasteiger charge is -1.93. The number of aromatic nitrogens is 2. The van der Waals surface area contributed by atoms with Gasteiger partial charge in [-0.1, -0.05) is 42.5 Å². The van der Waals surface area contributed by atoms with E-state index < -0.39 is 0 Å². The maximum absolute atomic E-state index is 11.2. The first-order valence-corrected chi connectivity index (χ1v) is 6.34. The molecule has 0 unspecified atom stereocenters. The van der Waals surface area contributed by atoms with Crippen LogP contribution in [0.15, 0.2) is 59.6 Å². The molecule has 0 atom stereocenters. The van der Waals surface area contributed by atoms with E-state index in [4.69, 9.17) is 0 Å². The summed E-state index contributed by atoms with van der Waals surface area (Å²) in [7, 11) is 0. The summed E-state index contributed by atoms with van der Waals surface area (Å²) >= 11 is 0. The minimum Gasteiger partial charge on any atom is -0.338 e. The average Bonchev–Trinajstić information content (AvgIpc) is 2.79. The normalized spacial score (nSPS) is 11.8. The van der Waals surface area contributed by atoms with E-state index in [2.05, 4.69) is 15.0 Å². The number of benzene rings is 1. The van der Waals surface area contributed by atoms with E-state index in [0.717, 1.165) is 16.9 Å². The molecule has 0 aliphatic heterocycles. The quantitative estimate of drug-likeness (QED) is 0.733. The Balaban J connectivity index is 2.30. The van der Waals surface area contributed by atoms with Gasteiger partial charge in [0.25, 0.3) is 0 Å². The fourth-order valence-electron chi connectivity index (χ4n) is 2.07. The molecule has 0 fully saturated rings. The molecule has 0 spiro atoms. The van der Waals surface area contributed by atoms with Crippen molar-refractivity contribution in [2.24, 2.45) is 4.99 Å². The number of H-pyrrole nitrogens is 1. The van der Waals surface area contributed by atoms with Gasteiger partial charge in [-0.25, -0.2) is 9.98 Å². The molecule has 1 heterocycles. The van der Waals surface area contributed by atoms with Crippen LogP contribution in [-0.4, -0.2) is 15.9 Å². The molecule has 3 aromatic rings. The number of aromatic amines is 1. The molecule has 3 rings (SSSR count). The van der Waals surface area contributed by atoms with E-state index in [1.165, 1.54) is 6.92 Å². The maximum atomic E-state index is 11.2. The summed E-state index contributed by atoms with van der Waals surface area (Å²) in [4.78, 5) is 23.1. The average molecular weight is 263 g/mol. The molecule has 0 aliphatic rings. The van der Waals surface area contributed by atoms with Crippen LogP contribution < -0.4 is 5.36 Å². The highest BCUT2D eigenvalue weighted by atomic mass is 16.1. The molecule has 20 heavy (non-hydrogen) atoms. The van der Waals surface area contributed by atoms with E-state index in [1.807, 2.05) is 48.5 Å². The van der Waals surface area contributed by atoms with Crippen molar-refractivity contribution in [1.29, 1.82) is 0 Å². The molecule has 0 radical (unpaired) electrons.